The van der Waals surface area contributed by atoms with Crippen LogP contribution >= 0.6 is 0 Å². The van der Waals surface area contributed by atoms with Gasteiger partial charge in [0.1, 0.15) is 0 Å². The van der Waals surface area contributed by atoms with E-state index in [2.05, 4.69) is 5.10 Å². The third-order valence-electron chi connectivity index (χ3n) is 2.16. The summed E-state index contributed by atoms with van der Waals surface area (Å²) in [6.45, 7) is 7.66. The van der Waals surface area contributed by atoms with Crippen LogP contribution in [0.3, 0.4) is 0 Å². The average molecular weight is 180 g/mol. The maximum atomic E-state index is 11.8. The minimum Gasteiger partial charge on any atom is -0.293 e. The second-order valence-electron chi connectivity index (χ2n) is 4.35. The van der Waals surface area contributed by atoms with Gasteiger partial charge in [-0.15, -0.1) is 0 Å². The lowest BCUT2D eigenvalue weighted by Gasteiger charge is -2.15. The third-order valence-corrected chi connectivity index (χ3v) is 2.16. The van der Waals surface area contributed by atoms with E-state index in [1.165, 1.54) is 0 Å². The first kappa shape index (κ1) is 9.96. The highest BCUT2D eigenvalue weighted by Gasteiger charge is 2.25. The predicted octanol–water partition coefficient (Wildman–Crippen LogP) is 1.96. The molecule has 0 bridgehead atoms. The summed E-state index contributed by atoms with van der Waals surface area (Å²) in [6, 6.07) is 0. The highest BCUT2D eigenvalue weighted by Crippen LogP contribution is 2.22. The van der Waals surface area contributed by atoms with Crippen LogP contribution in [0.5, 0.6) is 0 Å². The fraction of sp³-hybridized carbons (Fsp3) is 0.600. The fourth-order valence-electron chi connectivity index (χ4n) is 1.13. The maximum absolute atomic E-state index is 11.8. The molecule has 3 nitrogen and oxygen atoms in total. The van der Waals surface area contributed by atoms with Crippen LogP contribution in [0.2, 0.25) is 0 Å². The van der Waals surface area contributed by atoms with Crippen molar-refractivity contribution in [2.45, 2.75) is 27.7 Å². The third kappa shape index (κ3) is 1.79. The first-order valence-corrected chi connectivity index (χ1v) is 4.37. The lowest BCUT2D eigenvalue weighted by molar-refractivity contribution is 0.0857. The zero-order valence-corrected chi connectivity index (χ0v) is 8.88. The molecular weight excluding hydrogens is 164 g/mol. The minimum atomic E-state index is -0.326. The van der Waals surface area contributed by atoms with Crippen molar-refractivity contribution in [2.75, 3.05) is 0 Å². The van der Waals surface area contributed by atoms with Crippen LogP contribution in [-0.4, -0.2) is 15.6 Å². The number of rotatable bonds is 1. The summed E-state index contributed by atoms with van der Waals surface area (Å²) in [5.74, 6) is 0.151. The average Bonchev–Trinajstić information content (AvgIpc) is 2.30. The zero-order valence-electron chi connectivity index (χ0n) is 8.88. The van der Waals surface area contributed by atoms with Gasteiger partial charge in [-0.25, -0.2) is 0 Å². The van der Waals surface area contributed by atoms with E-state index in [1.54, 1.807) is 10.9 Å². The number of ketones is 1. The van der Waals surface area contributed by atoms with E-state index in [9.17, 15) is 4.79 Å². The number of carbonyl (C=O) groups is 1. The highest BCUT2D eigenvalue weighted by molar-refractivity contribution is 6.00. The second-order valence-corrected chi connectivity index (χ2v) is 4.35. The molecule has 1 heterocycles. The van der Waals surface area contributed by atoms with Gasteiger partial charge < -0.3 is 0 Å². The molecule has 0 amide bonds. The smallest absolute Gasteiger partial charge is 0.171 e. The number of carbonyl (C=O) groups excluding carboxylic acids is 1. The fourth-order valence-corrected chi connectivity index (χ4v) is 1.13. The van der Waals surface area contributed by atoms with Crippen LogP contribution < -0.4 is 0 Å². The molecule has 3 heteroatoms. The molecule has 0 radical (unpaired) electrons. The Morgan fingerprint density at radius 1 is 1.46 bits per heavy atom. The van der Waals surface area contributed by atoms with Crippen LogP contribution in [0.25, 0.3) is 0 Å². The second kappa shape index (κ2) is 2.98. The Hall–Kier alpha value is -1.12. The zero-order chi connectivity index (χ0) is 10.2. The largest absolute Gasteiger partial charge is 0.293 e. The van der Waals surface area contributed by atoms with Crippen molar-refractivity contribution in [1.82, 2.24) is 9.78 Å². The number of aromatic nitrogens is 2. The van der Waals surface area contributed by atoms with Gasteiger partial charge in [-0.2, -0.15) is 5.10 Å². The summed E-state index contributed by atoms with van der Waals surface area (Å²) < 4.78 is 1.72. The molecule has 72 valence electrons. The number of Topliss-reactive ketones (excluding diaryl/α,β-unsaturated/α-hetero) is 1. The monoisotopic (exact) mass is 180 g/mol. The summed E-state index contributed by atoms with van der Waals surface area (Å²) in [4.78, 5) is 11.8. The normalized spacial score (nSPS) is 11.8. The Bertz CT molecular complexity index is 331. The van der Waals surface area contributed by atoms with Gasteiger partial charge in [0.2, 0.25) is 0 Å². The van der Waals surface area contributed by atoms with E-state index >= 15 is 0 Å². The minimum absolute atomic E-state index is 0.151. The van der Waals surface area contributed by atoms with Crippen LogP contribution in [0, 0.1) is 12.3 Å². The Labute approximate surface area is 78.8 Å². The van der Waals surface area contributed by atoms with Gasteiger partial charge in [-0.3, -0.25) is 9.48 Å². The van der Waals surface area contributed by atoms with E-state index in [1.807, 2.05) is 34.7 Å². The van der Waals surface area contributed by atoms with Gasteiger partial charge in [0.25, 0.3) is 0 Å². The molecule has 0 N–H and O–H groups in total. The Morgan fingerprint density at radius 2 is 2.00 bits per heavy atom. The van der Waals surface area contributed by atoms with E-state index < -0.39 is 0 Å². The number of hydrogen-bond donors (Lipinski definition) is 0. The van der Waals surface area contributed by atoms with E-state index in [4.69, 9.17) is 0 Å². The molecule has 13 heavy (non-hydrogen) atoms. The van der Waals surface area contributed by atoms with Crippen LogP contribution in [0.15, 0.2) is 6.20 Å². The van der Waals surface area contributed by atoms with E-state index in [-0.39, 0.29) is 11.2 Å². The molecule has 0 aliphatic heterocycles. The first-order chi connectivity index (χ1) is 5.84. The van der Waals surface area contributed by atoms with Crippen molar-refractivity contribution in [3.05, 3.63) is 17.5 Å². The van der Waals surface area contributed by atoms with Crippen molar-refractivity contribution in [1.29, 1.82) is 0 Å². The predicted molar refractivity (Wildman–Crippen MR) is 51.7 cm³/mol. The van der Waals surface area contributed by atoms with Gasteiger partial charge in [-0.05, 0) is 6.92 Å². The van der Waals surface area contributed by atoms with Gasteiger partial charge >= 0.3 is 0 Å². The SMILES string of the molecule is Cc1c(C(=O)C(C)(C)C)cnn1C. The van der Waals surface area contributed by atoms with Gasteiger partial charge in [-0.1, -0.05) is 20.8 Å². The van der Waals surface area contributed by atoms with Gasteiger partial charge in [0, 0.05) is 18.2 Å². The molecule has 1 rings (SSSR count). The van der Waals surface area contributed by atoms with Gasteiger partial charge in [0.15, 0.2) is 5.78 Å². The van der Waals surface area contributed by atoms with Crippen LogP contribution in [-0.2, 0) is 7.05 Å². The Morgan fingerprint density at radius 3 is 2.31 bits per heavy atom. The lowest BCUT2D eigenvalue weighted by atomic mass is 9.87. The summed E-state index contributed by atoms with van der Waals surface area (Å²) in [5, 5.41) is 4.05. The van der Waals surface area contributed by atoms with Crippen molar-refractivity contribution < 1.29 is 4.79 Å². The van der Waals surface area contributed by atoms with Crippen LogP contribution in [0.4, 0.5) is 0 Å². The molecule has 0 aromatic carbocycles. The molecule has 1 aromatic heterocycles. The van der Waals surface area contributed by atoms with E-state index in [0.29, 0.717) is 0 Å². The maximum Gasteiger partial charge on any atom is 0.171 e. The summed E-state index contributed by atoms with van der Waals surface area (Å²) in [6.07, 6.45) is 1.64. The van der Waals surface area contributed by atoms with Gasteiger partial charge in [0.05, 0.1) is 11.8 Å². The molecule has 0 atom stereocenters. The molecule has 0 fully saturated rings. The van der Waals surface area contributed by atoms with Crippen LogP contribution in [0.1, 0.15) is 36.8 Å². The van der Waals surface area contributed by atoms with Crippen molar-refractivity contribution in [3.63, 3.8) is 0 Å². The molecule has 0 spiro atoms. The molecule has 0 aliphatic carbocycles. The number of hydrogen-bond acceptors (Lipinski definition) is 2. The summed E-state index contributed by atoms with van der Waals surface area (Å²) >= 11 is 0. The lowest BCUT2D eigenvalue weighted by Crippen LogP contribution is -2.20. The summed E-state index contributed by atoms with van der Waals surface area (Å²) in [7, 11) is 1.84. The molecule has 0 aliphatic rings. The van der Waals surface area contributed by atoms with Crippen molar-refractivity contribution in [3.8, 4) is 0 Å². The standard InChI is InChI=1S/C10H16N2O/c1-7-8(6-11-12(7)5)9(13)10(2,3)4/h6H,1-5H3. The molecule has 1 aromatic rings. The first-order valence-electron chi connectivity index (χ1n) is 4.37. The number of aryl methyl sites for hydroxylation is 1. The molecular formula is C10H16N2O. The summed E-state index contributed by atoms with van der Waals surface area (Å²) in [5.41, 5.74) is 1.34. The topological polar surface area (TPSA) is 34.9 Å². The molecule has 0 saturated carbocycles. The molecule has 0 saturated heterocycles. The van der Waals surface area contributed by atoms with Crippen molar-refractivity contribution in [2.24, 2.45) is 12.5 Å². The quantitative estimate of drug-likeness (QED) is 0.619. The number of nitrogens with zero attached hydrogens (tertiary/aromatic N) is 2. The molecule has 0 unspecified atom stereocenters. The van der Waals surface area contributed by atoms with E-state index in [0.717, 1.165) is 11.3 Å². The Balaban J connectivity index is 3.10. The van der Waals surface area contributed by atoms with Crippen molar-refractivity contribution >= 4 is 5.78 Å². The highest BCUT2D eigenvalue weighted by atomic mass is 16.1. The Kier molecular flexibility index (Phi) is 2.28.